The van der Waals surface area contributed by atoms with Gasteiger partial charge in [-0.15, -0.1) is 6.42 Å². The van der Waals surface area contributed by atoms with Crippen LogP contribution in [0.3, 0.4) is 0 Å². The number of hydrogen-bond donors (Lipinski definition) is 1. The van der Waals surface area contributed by atoms with Crippen molar-refractivity contribution in [1.29, 1.82) is 0 Å². The molecule has 0 amide bonds. The summed E-state index contributed by atoms with van der Waals surface area (Å²) >= 11 is 0. The van der Waals surface area contributed by atoms with Crippen molar-refractivity contribution in [2.75, 3.05) is 20.1 Å². The Morgan fingerprint density at radius 3 is 2.40 bits per heavy atom. The molecule has 0 rings (SSSR count). The highest BCUT2D eigenvalue weighted by Gasteiger charge is 2.12. The van der Waals surface area contributed by atoms with E-state index in [2.05, 4.69) is 5.92 Å². The number of nitrogens with zero attached hydrogens (tertiary/aromatic N) is 1. The average molecular weight is 140 g/mol. The predicted octanol–water partition coefficient (Wildman–Crippen LogP) is 0.289. The summed E-state index contributed by atoms with van der Waals surface area (Å²) in [6.07, 6.45) is 5.12. The van der Waals surface area contributed by atoms with E-state index in [1.807, 2.05) is 25.8 Å². The van der Waals surface area contributed by atoms with Crippen LogP contribution in [0.25, 0.3) is 0 Å². The fourth-order valence-corrected chi connectivity index (χ4v) is 0.907. The van der Waals surface area contributed by atoms with Gasteiger partial charge in [-0.05, 0) is 20.9 Å². The van der Waals surface area contributed by atoms with Crippen LogP contribution in [0.15, 0.2) is 0 Å². The zero-order valence-electron chi connectivity index (χ0n) is 7.02. The second kappa shape index (κ2) is 3.60. The summed E-state index contributed by atoms with van der Waals surface area (Å²) < 4.78 is 0. The summed E-state index contributed by atoms with van der Waals surface area (Å²) in [5.41, 5.74) is 5.61. The van der Waals surface area contributed by atoms with Crippen molar-refractivity contribution in [2.24, 2.45) is 5.73 Å². The lowest BCUT2D eigenvalue weighted by Gasteiger charge is -2.24. The average Bonchev–Trinajstić information content (AvgIpc) is 1.59. The standard InChI is InChI=1S/C8H16N2/c1-5-6-10(4)7-8(2,3)9/h1H,6-7,9H2,2-4H3. The van der Waals surface area contributed by atoms with E-state index in [1.165, 1.54) is 0 Å². The van der Waals surface area contributed by atoms with Crippen molar-refractivity contribution in [2.45, 2.75) is 19.4 Å². The highest BCUT2D eigenvalue weighted by molar-refractivity contribution is 4.89. The first-order valence-corrected chi connectivity index (χ1v) is 3.36. The Morgan fingerprint density at radius 2 is 2.10 bits per heavy atom. The van der Waals surface area contributed by atoms with Crippen LogP contribution in [-0.4, -0.2) is 30.6 Å². The Hall–Kier alpha value is -0.520. The Kier molecular flexibility index (Phi) is 3.41. The van der Waals surface area contributed by atoms with Crippen LogP contribution in [0, 0.1) is 12.3 Å². The molecule has 0 unspecified atom stereocenters. The molecule has 0 aliphatic heterocycles. The fraction of sp³-hybridized carbons (Fsp3) is 0.750. The van der Waals surface area contributed by atoms with E-state index in [0.29, 0.717) is 6.54 Å². The molecule has 0 saturated carbocycles. The van der Waals surface area contributed by atoms with Crippen LogP contribution in [0.4, 0.5) is 0 Å². The number of terminal acetylenes is 1. The number of hydrogen-bond acceptors (Lipinski definition) is 2. The van der Waals surface area contributed by atoms with E-state index in [1.54, 1.807) is 0 Å². The number of nitrogens with two attached hydrogens (primary N) is 1. The lowest BCUT2D eigenvalue weighted by atomic mass is 10.1. The zero-order valence-corrected chi connectivity index (χ0v) is 7.02. The van der Waals surface area contributed by atoms with Gasteiger partial charge in [0.25, 0.3) is 0 Å². The molecule has 10 heavy (non-hydrogen) atoms. The van der Waals surface area contributed by atoms with E-state index >= 15 is 0 Å². The molecule has 58 valence electrons. The molecule has 0 fully saturated rings. The molecule has 0 aliphatic carbocycles. The molecule has 0 bridgehead atoms. The highest BCUT2D eigenvalue weighted by atomic mass is 15.1. The van der Waals surface area contributed by atoms with Gasteiger partial charge < -0.3 is 5.73 Å². The Balaban J connectivity index is 3.60. The molecule has 2 N–H and O–H groups in total. The third-order valence-electron chi connectivity index (χ3n) is 1.04. The van der Waals surface area contributed by atoms with Crippen LogP contribution in [0.2, 0.25) is 0 Å². The van der Waals surface area contributed by atoms with Gasteiger partial charge in [0, 0.05) is 12.1 Å². The predicted molar refractivity (Wildman–Crippen MR) is 44.6 cm³/mol. The maximum atomic E-state index is 5.76. The van der Waals surface area contributed by atoms with Crippen LogP contribution >= 0.6 is 0 Å². The van der Waals surface area contributed by atoms with Crippen molar-refractivity contribution in [3.05, 3.63) is 0 Å². The molecule has 0 saturated heterocycles. The molecule has 0 spiro atoms. The summed E-state index contributed by atoms with van der Waals surface area (Å²) in [6.45, 7) is 5.47. The Bertz CT molecular complexity index is 127. The van der Waals surface area contributed by atoms with E-state index < -0.39 is 0 Å². The topological polar surface area (TPSA) is 29.3 Å². The molecule has 0 aromatic carbocycles. The van der Waals surface area contributed by atoms with Gasteiger partial charge in [-0.1, -0.05) is 5.92 Å². The molecule has 0 aliphatic rings. The number of rotatable bonds is 3. The van der Waals surface area contributed by atoms with Crippen molar-refractivity contribution in [1.82, 2.24) is 4.90 Å². The molecule has 0 aromatic heterocycles. The molecule has 0 aromatic rings. The zero-order chi connectivity index (χ0) is 8.20. The third kappa shape index (κ3) is 5.61. The van der Waals surface area contributed by atoms with Crippen LogP contribution in [-0.2, 0) is 0 Å². The minimum Gasteiger partial charge on any atom is -0.324 e. The van der Waals surface area contributed by atoms with Gasteiger partial charge in [0.1, 0.15) is 0 Å². The van der Waals surface area contributed by atoms with Gasteiger partial charge >= 0.3 is 0 Å². The van der Waals surface area contributed by atoms with E-state index in [0.717, 1.165) is 6.54 Å². The first kappa shape index (κ1) is 9.48. The van der Waals surface area contributed by atoms with Crippen molar-refractivity contribution < 1.29 is 0 Å². The van der Waals surface area contributed by atoms with Crippen molar-refractivity contribution >= 4 is 0 Å². The number of likely N-dealkylation sites (N-methyl/N-ethyl adjacent to an activating group) is 1. The van der Waals surface area contributed by atoms with E-state index in [9.17, 15) is 0 Å². The minimum absolute atomic E-state index is 0.147. The van der Waals surface area contributed by atoms with Gasteiger partial charge in [0.05, 0.1) is 6.54 Å². The molecule has 0 radical (unpaired) electrons. The SMILES string of the molecule is C#CCN(C)CC(C)(C)N. The van der Waals surface area contributed by atoms with Crippen LogP contribution < -0.4 is 5.73 Å². The second-order valence-electron chi connectivity index (χ2n) is 3.36. The van der Waals surface area contributed by atoms with Crippen LogP contribution in [0.1, 0.15) is 13.8 Å². The first-order chi connectivity index (χ1) is 4.45. The molecular weight excluding hydrogens is 124 g/mol. The summed E-state index contributed by atoms with van der Waals surface area (Å²) in [6, 6.07) is 0. The third-order valence-corrected chi connectivity index (χ3v) is 1.04. The molecular formula is C8H16N2. The van der Waals surface area contributed by atoms with Crippen LogP contribution in [0.5, 0.6) is 0 Å². The maximum Gasteiger partial charge on any atom is 0.0597 e. The van der Waals surface area contributed by atoms with Gasteiger partial charge in [-0.2, -0.15) is 0 Å². The van der Waals surface area contributed by atoms with Gasteiger partial charge in [0.15, 0.2) is 0 Å². The summed E-state index contributed by atoms with van der Waals surface area (Å²) in [7, 11) is 1.97. The quantitative estimate of drug-likeness (QED) is 0.571. The molecule has 2 nitrogen and oxygen atoms in total. The Labute approximate surface area is 63.4 Å². The maximum absolute atomic E-state index is 5.76. The lowest BCUT2D eigenvalue weighted by molar-refractivity contribution is 0.297. The fourth-order valence-electron chi connectivity index (χ4n) is 0.907. The van der Waals surface area contributed by atoms with Gasteiger partial charge in [-0.25, -0.2) is 0 Å². The van der Waals surface area contributed by atoms with Crippen molar-refractivity contribution in [3.63, 3.8) is 0 Å². The molecule has 2 heteroatoms. The Morgan fingerprint density at radius 1 is 1.60 bits per heavy atom. The normalized spacial score (nSPS) is 11.6. The first-order valence-electron chi connectivity index (χ1n) is 3.36. The largest absolute Gasteiger partial charge is 0.324 e. The summed E-state index contributed by atoms with van der Waals surface area (Å²) in [5.74, 6) is 2.56. The van der Waals surface area contributed by atoms with E-state index in [4.69, 9.17) is 12.2 Å². The monoisotopic (exact) mass is 140 g/mol. The van der Waals surface area contributed by atoms with Crippen molar-refractivity contribution in [3.8, 4) is 12.3 Å². The van der Waals surface area contributed by atoms with E-state index in [-0.39, 0.29) is 5.54 Å². The molecule has 0 heterocycles. The summed E-state index contributed by atoms with van der Waals surface area (Å²) in [5, 5.41) is 0. The van der Waals surface area contributed by atoms with Gasteiger partial charge in [0.2, 0.25) is 0 Å². The minimum atomic E-state index is -0.147. The lowest BCUT2D eigenvalue weighted by Crippen LogP contribution is -2.43. The summed E-state index contributed by atoms with van der Waals surface area (Å²) in [4.78, 5) is 2.03. The van der Waals surface area contributed by atoms with Gasteiger partial charge in [-0.3, -0.25) is 4.90 Å². The smallest absolute Gasteiger partial charge is 0.0597 e. The second-order valence-corrected chi connectivity index (χ2v) is 3.36. The molecule has 0 atom stereocenters. The highest BCUT2D eigenvalue weighted by Crippen LogP contribution is 1.97.